The molecule has 2 saturated heterocycles. The molecule has 2 fully saturated rings. The van der Waals surface area contributed by atoms with Gasteiger partial charge in [-0.2, -0.15) is 0 Å². The standard InChI is InChI=1S/C29H31N3O6/c1-35-24-9-5-8-22-21(10-13-30-27(22)24)23(33)16-31-14-11-29(12-15-31)19-32(28(34)38-29)26-18-36-17-25(37-26)20-6-3-2-4-7-20/h2-3,5-6,8-10,13,17-18,23,33H,4,7,11-12,14-16,19H2,1H3/t23-/m1/s1. The number of methoxy groups -OCH3 is 1. The number of allylic oxidation sites excluding steroid dienone is 4. The molecule has 1 spiro atoms. The molecule has 4 heterocycles. The van der Waals surface area contributed by atoms with Crippen LogP contribution in [0.25, 0.3) is 10.9 Å². The van der Waals surface area contributed by atoms with Gasteiger partial charge in [0, 0.05) is 44.1 Å². The monoisotopic (exact) mass is 517 g/mol. The first-order valence-corrected chi connectivity index (χ1v) is 13.0. The molecule has 0 bridgehead atoms. The first kappa shape index (κ1) is 24.5. The smallest absolute Gasteiger partial charge is 0.417 e. The van der Waals surface area contributed by atoms with Crippen molar-refractivity contribution in [3.63, 3.8) is 0 Å². The van der Waals surface area contributed by atoms with Crippen molar-refractivity contribution in [3.05, 3.63) is 84.0 Å². The summed E-state index contributed by atoms with van der Waals surface area (Å²) < 4.78 is 22.9. The van der Waals surface area contributed by atoms with Crippen molar-refractivity contribution in [3.8, 4) is 5.75 Å². The quantitative estimate of drug-likeness (QED) is 0.598. The Labute approximate surface area is 221 Å². The van der Waals surface area contributed by atoms with Crippen LogP contribution in [0, 0.1) is 0 Å². The number of piperidine rings is 1. The third-order valence-electron chi connectivity index (χ3n) is 7.67. The van der Waals surface area contributed by atoms with E-state index in [4.69, 9.17) is 18.9 Å². The highest BCUT2D eigenvalue weighted by molar-refractivity contribution is 5.87. The number of para-hydroxylation sites is 1. The molecule has 6 rings (SSSR count). The van der Waals surface area contributed by atoms with Crippen molar-refractivity contribution in [1.82, 2.24) is 14.8 Å². The highest BCUT2D eigenvalue weighted by atomic mass is 16.6. The Morgan fingerprint density at radius 2 is 2.08 bits per heavy atom. The van der Waals surface area contributed by atoms with Gasteiger partial charge in [-0.3, -0.25) is 4.98 Å². The minimum atomic E-state index is -0.684. The van der Waals surface area contributed by atoms with Crippen molar-refractivity contribution < 1.29 is 28.8 Å². The fourth-order valence-corrected chi connectivity index (χ4v) is 5.55. The van der Waals surface area contributed by atoms with Crippen molar-refractivity contribution in [1.29, 1.82) is 0 Å². The summed E-state index contributed by atoms with van der Waals surface area (Å²) in [5.74, 6) is 1.64. The number of amides is 1. The van der Waals surface area contributed by atoms with E-state index >= 15 is 0 Å². The van der Waals surface area contributed by atoms with Gasteiger partial charge in [0.05, 0.1) is 19.8 Å². The second-order valence-corrected chi connectivity index (χ2v) is 10.0. The summed E-state index contributed by atoms with van der Waals surface area (Å²) >= 11 is 0. The van der Waals surface area contributed by atoms with Crippen molar-refractivity contribution in [2.75, 3.05) is 33.3 Å². The van der Waals surface area contributed by atoms with Gasteiger partial charge in [0.15, 0.2) is 12.0 Å². The summed E-state index contributed by atoms with van der Waals surface area (Å²) in [5.41, 5.74) is 2.00. The summed E-state index contributed by atoms with van der Waals surface area (Å²) in [7, 11) is 1.62. The second-order valence-electron chi connectivity index (χ2n) is 10.0. The molecule has 0 radical (unpaired) electrons. The minimum absolute atomic E-state index is 0.345. The maximum Gasteiger partial charge on any atom is 0.417 e. The van der Waals surface area contributed by atoms with Crippen LogP contribution in [0.4, 0.5) is 4.79 Å². The number of rotatable bonds is 6. The topological polar surface area (TPSA) is 93.6 Å². The summed E-state index contributed by atoms with van der Waals surface area (Å²) in [6, 6.07) is 7.58. The maximum absolute atomic E-state index is 12.9. The van der Waals surface area contributed by atoms with Gasteiger partial charge in [0.25, 0.3) is 0 Å². The lowest BCUT2D eigenvalue weighted by atomic mass is 9.91. The third kappa shape index (κ3) is 4.63. The first-order chi connectivity index (χ1) is 18.5. The minimum Gasteiger partial charge on any atom is -0.494 e. The fraction of sp³-hybridized carbons (Fsp3) is 0.379. The number of hydrogen-bond acceptors (Lipinski definition) is 8. The maximum atomic E-state index is 12.9. The number of carbonyl (C=O) groups excluding carboxylic acids is 1. The van der Waals surface area contributed by atoms with Gasteiger partial charge in [-0.15, -0.1) is 0 Å². The Kier molecular flexibility index (Phi) is 6.55. The van der Waals surface area contributed by atoms with Crippen molar-refractivity contribution in [2.24, 2.45) is 0 Å². The largest absolute Gasteiger partial charge is 0.494 e. The Morgan fingerprint density at radius 3 is 2.87 bits per heavy atom. The number of likely N-dealkylation sites (tertiary alicyclic amines) is 1. The normalized spacial score (nSPS) is 21.8. The van der Waals surface area contributed by atoms with E-state index in [2.05, 4.69) is 16.0 Å². The van der Waals surface area contributed by atoms with Gasteiger partial charge in [0.1, 0.15) is 23.1 Å². The van der Waals surface area contributed by atoms with Gasteiger partial charge in [0.2, 0.25) is 5.88 Å². The highest BCUT2D eigenvalue weighted by Crippen LogP contribution is 2.38. The molecule has 1 amide bonds. The molecule has 1 aromatic heterocycles. The van der Waals surface area contributed by atoms with Gasteiger partial charge < -0.3 is 29.0 Å². The molecule has 0 saturated carbocycles. The van der Waals surface area contributed by atoms with Crippen LogP contribution in [0.1, 0.15) is 37.4 Å². The van der Waals surface area contributed by atoms with Gasteiger partial charge in [-0.1, -0.05) is 30.4 Å². The number of fused-ring (bicyclic) bond motifs is 1. The molecule has 2 aromatic rings. The molecule has 1 atom stereocenters. The predicted molar refractivity (Wildman–Crippen MR) is 140 cm³/mol. The molecule has 3 aliphatic heterocycles. The summed E-state index contributed by atoms with van der Waals surface area (Å²) in [6.07, 6.45) is 12.8. The molecule has 4 aliphatic rings. The van der Waals surface area contributed by atoms with E-state index in [1.165, 1.54) is 11.2 Å². The first-order valence-electron chi connectivity index (χ1n) is 13.0. The van der Waals surface area contributed by atoms with Crippen LogP contribution >= 0.6 is 0 Å². The van der Waals surface area contributed by atoms with Gasteiger partial charge in [-0.05, 0) is 36.1 Å². The van der Waals surface area contributed by atoms with Crippen molar-refractivity contribution >= 4 is 17.0 Å². The Bertz CT molecular complexity index is 1360. The molecule has 1 aromatic carbocycles. The zero-order valence-corrected chi connectivity index (χ0v) is 21.3. The molecule has 38 heavy (non-hydrogen) atoms. The van der Waals surface area contributed by atoms with E-state index in [0.29, 0.717) is 56.4 Å². The van der Waals surface area contributed by atoms with E-state index in [1.807, 2.05) is 36.4 Å². The van der Waals surface area contributed by atoms with Gasteiger partial charge in [-0.25, -0.2) is 9.69 Å². The number of aliphatic hydroxyl groups is 1. The summed E-state index contributed by atoms with van der Waals surface area (Å²) in [4.78, 5) is 21.0. The van der Waals surface area contributed by atoms with E-state index in [9.17, 15) is 9.90 Å². The number of hydrogen-bond donors (Lipinski definition) is 1. The van der Waals surface area contributed by atoms with Crippen LogP contribution in [-0.4, -0.2) is 64.9 Å². The Hall–Kier alpha value is -3.82. The average Bonchev–Trinajstić information content (AvgIpc) is 3.29. The van der Waals surface area contributed by atoms with Crippen LogP contribution in [0.2, 0.25) is 0 Å². The zero-order chi connectivity index (χ0) is 26.1. The molecule has 1 aliphatic carbocycles. The molecule has 9 nitrogen and oxygen atoms in total. The number of ether oxygens (including phenoxy) is 4. The van der Waals surface area contributed by atoms with E-state index in [0.717, 1.165) is 34.9 Å². The molecular weight excluding hydrogens is 486 g/mol. The van der Waals surface area contributed by atoms with Crippen molar-refractivity contribution in [2.45, 2.75) is 37.4 Å². The Morgan fingerprint density at radius 1 is 1.21 bits per heavy atom. The lowest BCUT2D eigenvalue weighted by Gasteiger charge is -2.38. The van der Waals surface area contributed by atoms with Crippen LogP contribution in [0.3, 0.4) is 0 Å². The van der Waals surface area contributed by atoms with E-state index < -0.39 is 17.8 Å². The molecular formula is C29H31N3O6. The molecule has 0 unspecified atom stereocenters. The zero-order valence-electron chi connectivity index (χ0n) is 21.3. The molecule has 1 N–H and O–H groups in total. The fourth-order valence-electron chi connectivity index (χ4n) is 5.55. The lowest BCUT2D eigenvalue weighted by Crippen LogP contribution is -2.47. The Balaban J connectivity index is 1.08. The number of nitrogens with zero attached hydrogens (tertiary/aromatic N) is 3. The number of benzene rings is 1. The van der Waals surface area contributed by atoms with Crippen LogP contribution in [0.5, 0.6) is 5.75 Å². The van der Waals surface area contributed by atoms with Crippen LogP contribution in [0.15, 0.2) is 78.4 Å². The van der Waals surface area contributed by atoms with Gasteiger partial charge >= 0.3 is 6.09 Å². The lowest BCUT2D eigenvalue weighted by molar-refractivity contribution is -0.0101. The SMILES string of the molecule is COc1cccc2c([C@H](O)CN3CCC4(CC3)CN(C3=COC=C(C5=CC=CCC5)O3)C(=O)O4)ccnc12. The summed E-state index contributed by atoms with van der Waals surface area (Å²) in [6.45, 7) is 2.28. The van der Waals surface area contributed by atoms with Crippen LogP contribution in [-0.2, 0) is 14.2 Å². The molecule has 9 heteroatoms. The summed E-state index contributed by atoms with van der Waals surface area (Å²) in [5, 5.41) is 12.0. The number of pyridine rings is 1. The number of aromatic nitrogens is 1. The average molecular weight is 518 g/mol. The third-order valence-corrected chi connectivity index (χ3v) is 7.67. The van der Waals surface area contributed by atoms with Crippen LogP contribution < -0.4 is 4.74 Å². The number of carbonyl (C=O) groups is 1. The number of aliphatic hydroxyl groups excluding tert-OH is 1. The second kappa shape index (κ2) is 10.2. The molecule has 198 valence electrons. The number of β-amino-alcohol motifs (C(OH)–C–C–N with tert-alkyl or cyclic N) is 1. The highest BCUT2D eigenvalue weighted by Gasteiger charge is 2.49. The van der Waals surface area contributed by atoms with E-state index in [-0.39, 0.29) is 0 Å². The van der Waals surface area contributed by atoms with E-state index in [1.54, 1.807) is 19.6 Å². The predicted octanol–water partition coefficient (Wildman–Crippen LogP) is 4.53.